The Balaban J connectivity index is 1.25. The second kappa shape index (κ2) is 10.6. The van der Waals surface area contributed by atoms with Gasteiger partial charge in [0.2, 0.25) is 5.91 Å². The molecule has 0 saturated carbocycles. The lowest BCUT2D eigenvalue weighted by atomic mass is 9.97. The molecule has 186 valence electrons. The van der Waals surface area contributed by atoms with Gasteiger partial charge >= 0.3 is 0 Å². The summed E-state index contributed by atoms with van der Waals surface area (Å²) in [6, 6.07) is 4.14. The van der Waals surface area contributed by atoms with Crippen molar-refractivity contribution in [1.29, 1.82) is 0 Å². The lowest BCUT2D eigenvalue weighted by Gasteiger charge is -2.42. The molecule has 2 saturated heterocycles. The minimum atomic E-state index is -3.18. The molecule has 0 aromatic heterocycles. The van der Waals surface area contributed by atoms with Gasteiger partial charge < -0.3 is 9.64 Å². The second-order valence-electron chi connectivity index (χ2n) is 9.46. The SMILES string of the molecule is Cc1c(Cl)ccc(OC2CCN(C3CCN(C(=O)C4=CC=C(S(C)(=O)=O)CC4)CC3)CC2)c1Cl. The molecule has 2 fully saturated rings. The quantitative estimate of drug-likeness (QED) is 0.551. The first-order chi connectivity index (χ1) is 16.1. The lowest BCUT2D eigenvalue weighted by molar-refractivity contribution is -0.129. The minimum Gasteiger partial charge on any atom is -0.489 e. The Bertz CT molecular complexity index is 1100. The molecule has 6 nitrogen and oxygen atoms in total. The Hall–Kier alpha value is -1.54. The molecule has 34 heavy (non-hydrogen) atoms. The van der Waals surface area contributed by atoms with Gasteiger partial charge in [-0.1, -0.05) is 29.3 Å². The van der Waals surface area contributed by atoms with Crippen molar-refractivity contribution in [3.63, 3.8) is 0 Å². The van der Waals surface area contributed by atoms with Gasteiger partial charge in [-0.05, 0) is 69.2 Å². The highest BCUT2D eigenvalue weighted by molar-refractivity contribution is 7.94. The summed E-state index contributed by atoms with van der Waals surface area (Å²) in [4.78, 5) is 17.8. The molecule has 0 radical (unpaired) electrons. The molecular formula is C25H32Cl2N2O4S. The van der Waals surface area contributed by atoms with Crippen LogP contribution in [-0.2, 0) is 14.6 Å². The fraction of sp³-hybridized carbons (Fsp3) is 0.560. The van der Waals surface area contributed by atoms with Crippen molar-refractivity contribution in [2.75, 3.05) is 32.4 Å². The van der Waals surface area contributed by atoms with E-state index in [1.807, 2.05) is 24.0 Å². The molecule has 1 aromatic carbocycles. The number of nitrogens with zero attached hydrogens (tertiary/aromatic N) is 2. The third-order valence-corrected chi connectivity index (χ3v) is 9.36. The molecule has 1 amide bonds. The van der Waals surface area contributed by atoms with Gasteiger partial charge in [0.25, 0.3) is 0 Å². The van der Waals surface area contributed by atoms with E-state index in [-0.39, 0.29) is 12.0 Å². The largest absolute Gasteiger partial charge is 0.489 e. The zero-order valence-electron chi connectivity index (χ0n) is 19.7. The zero-order valence-corrected chi connectivity index (χ0v) is 22.1. The summed E-state index contributed by atoms with van der Waals surface area (Å²) in [5.41, 5.74) is 1.55. The van der Waals surface area contributed by atoms with E-state index in [2.05, 4.69) is 4.90 Å². The summed E-state index contributed by atoms with van der Waals surface area (Å²) in [7, 11) is -3.18. The van der Waals surface area contributed by atoms with Crippen molar-refractivity contribution >= 4 is 38.9 Å². The molecule has 4 rings (SSSR count). The summed E-state index contributed by atoms with van der Waals surface area (Å²) >= 11 is 12.5. The van der Waals surface area contributed by atoms with E-state index in [1.165, 1.54) is 6.26 Å². The van der Waals surface area contributed by atoms with Crippen molar-refractivity contribution in [3.8, 4) is 5.75 Å². The van der Waals surface area contributed by atoms with Crippen LogP contribution in [0.4, 0.5) is 0 Å². The van der Waals surface area contributed by atoms with Crippen LogP contribution in [0.1, 0.15) is 44.1 Å². The number of hydrogen-bond acceptors (Lipinski definition) is 5. The van der Waals surface area contributed by atoms with Gasteiger partial charge in [0.1, 0.15) is 11.9 Å². The molecule has 0 spiro atoms. The summed E-state index contributed by atoms with van der Waals surface area (Å²) in [6.45, 7) is 5.31. The first-order valence-corrected chi connectivity index (χ1v) is 14.5. The van der Waals surface area contributed by atoms with Crippen LogP contribution in [-0.4, -0.2) is 68.7 Å². The fourth-order valence-electron chi connectivity index (χ4n) is 5.01. The minimum absolute atomic E-state index is 0.0458. The highest BCUT2D eigenvalue weighted by atomic mass is 35.5. The average Bonchev–Trinajstić information content (AvgIpc) is 2.84. The van der Waals surface area contributed by atoms with Crippen LogP contribution in [0.2, 0.25) is 10.0 Å². The number of carbonyl (C=O) groups excluding carboxylic acids is 1. The first kappa shape index (κ1) is 25.5. The maximum absolute atomic E-state index is 12.9. The molecule has 1 aromatic rings. The number of halogens is 2. The fourth-order valence-corrected chi connectivity index (χ4v) is 6.21. The number of ether oxygens (including phenoxy) is 1. The predicted molar refractivity (Wildman–Crippen MR) is 136 cm³/mol. The van der Waals surface area contributed by atoms with Gasteiger partial charge in [0.05, 0.1) is 5.02 Å². The van der Waals surface area contributed by atoms with E-state index >= 15 is 0 Å². The molecule has 0 unspecified atom stereocenters. The normalized spacial score (nSPS) is 21.2. The van der Waals surface area contributed by atoms with Gasteiger partial charge in [-0.2, -0.15) is 0 Å². The van der Waals surface area contributed by atoms with Gasteiger partial charge in [0.15, 0.2) is 9.84 Å². The lowest BCUT2D eigenvalue weighted by Crippen LogP contribution is -2.50. The first-order valence-electron chi connectivity index (χ1n) is 11.9. The smallest absolute Gasteiger partial charge is 0.249 e. The maximum atomic E-state index is 12.9. The number of allylic oxidation sites excluding steroid dienone is 3. The number of rotatable bonds is 5. The second-order valence-corrected chi connectivity index (χ2v) is 12.3. The van der Waals surface area contributed by atoms with Crippen molar-refractivity contribution < 1.29 is 17.9 Å². The van der Waals surface area contributed by atoms with E-state index in [0.717, 1.165) is 57.4 Å². The van der Waals surface area contributed by atoms with E-state index < -0.39 is 9.84 Å². The van der Waals surface area contributed by atoms with E-state index in [4.69, 9.17) is 27.9 Å². The Morgan fingerprint density at radius 1 is 1.00 bits per heavy atom. The summed E-state index contributed by atoms with van der Waals surface area (Å²) in [6.07, 6.45) is 9.32. The van der Waals surface area contributed by atoms with Gasteiger partial charge in [-0.15, -0.1) is 0 Å². The van der Waals surface area contributed by atoms with Gasteiger partial charge in [-0.3, -0.25) is 9.69 Å². The number of amides is 1. The summed E-state index contributed by atoms with van der Waals surface area (Å²) in [5.74, 6) is 0.744. The molecule has 0 atom stereocenters. The van der Waals surface area contributed by atoms with Crippen LogP contribution < -0.4 is 4.74 Å². The molecule has 0 bridgehead atoms. The van der Waals surface area contributed by atoms with Crippen LogP contribution in [0.3, 0.4) is 0 Å². The van der Waals surface area contributed by atoms with Crippen LogP contribution in [0.15, 0.2) is 34.8 Å². The van der Waals surface area contributed by atoms with Crippen molar-refractivity contribution in [2.45, 2.75) is 57.6 Å². The van der Waals surface area contributed by atoms with Gasteiger partial charge in [-0.25, -0.2) is 8.42 Å². The number of likely N-dealkylation sites (tertiary alicyclic amines) is 2. The molecule has 2 heterocycles. The molecule has 2 aliphatic heterocycles. The number of piperidine rings is 2. The van der Waals surface area contributed by atoms with E-state index in [1.54, 1.807) is 12.2 Å². The topological polar surface area (TPSA) is 66.9 Å². The van der Waals surface area contributed by atoms with Gasteiger partial charge in [0, 0.05) is 54.0 Å². The standard InChI is InChI=1S/C25H32Cl2N2O4S/c1-17-22(26)7-8-23(24(17)27)33-20-11-15-28(16-12-20)19-9-13-29(14-10-19)25(30)18-3-5-21(6-4-18)34(2,31)32/h3,5,7-8,19-20H,4,6,9-16H2,1-2H3. The van der Waals surface area contributed by atoms with Crippen molar-refractivity contribution in [1.82, 2.24) is 9.80 Å². The number of hydrogen-bond donors (Lipinski definition) is 0. The van der Waals surface area contributed by atoms with Crippen LogP contribution >= 0.6 is 23.2 Å². The Labute approximate surface area is 212 Å². The van der Waals surface area contributed by atoms with Crippen LogP contribution in [0.25, 0.3) is 0 Å². The number of carbonyl (C=O) groups is 1. The summed E-state index contributed by atoms with van der Waals surface area (Å²) < 4.78 is 29.6. The average molecular weight is 528 g/mol. The Kier molecular flexibility index (Phi) is 7.97. The molecule has 3 aliphatic rings. The van der Waals surface area contributed by atoms with E-state index in [0.29, 0.717) is 45.2 Å². The number of sulfone groups is 1. The number of benzene rings is 1. The molecule has 9 heteroatoms. The molecular weight excluding hydrogens is 495 g/mol. The van der Waals surface area contributed by atoms with Crippen molar-refractivity contribution in [3.05, 3.63) is 50.4 Å². The van der Waals surface area contributed by atoms with Crippen molar-refractivity contribution in [2.24, 2.45) is 0 Å². The highest BCUT2D eigenvalue weighted by Crippen LogP contribution is 2.34. The highest BCUT2D eigenvalue weighted by Gasteiger charge is 2.31. The van der Waals surface area contributed by atoms with Crippen LogP contribution in [0.5, 0.6) is 5.75 Å². The van der Waals surface area contributed by atoms with Crippen LogP contribution in [0, 0.1) is 6.92 Å². The molecule has 0 N–H and O–H groups in total. The molecule has 1 aliphatic carbocycles. The summed E-state index contributed by atoms with van der Waals surface area (Å²) in [5, 5.41) is 1.23. The Morgan fingerprint density at radius 3 is 2.26 bits per heavy atom. The Morgan fingerprint density at radius 2 is 1.68 bits per heavy atom. The third-order valence-electron chi connectivity index (χ3n) is 7.19. The monoisotopic (exact) mass is 526 g/mol. The maximum Gasteiger partial charge on any atom is 0.249 e. The third kappa shape index (κ3) is 5.81. The van der Waals surface area contributed by atoms with E-state index in [9.17, 15) is 13.2 Å². The zero-order chi connectivity index (χ0) is 24.5. The predicted octanol–water partition coefficient (Wildman–Crippen LogP) is 4.78.